The molecule has 3 nitrogen and oxygen atoms in total. The van der Waals surface area contributed by atoms with Crippen LogP contribution in [0.1, 0.15) is 5.69 Å². The van der Waals surface area contributed by atoms with Crippen LogP contribution >= 0.6 is 24.0 Å². The summed E-state index contributed by atoms with van der Waals surface area (Å²) in [5, 5.41) is 0. The zero-order chi connectivity index (χ0) is 7.23. The number of nitrogens with one attached hydrogen (secondary N) is 1. The van der Waals surface area contributed by atoms with Crippen LogP contribution in [0.3, 0.4) is 0 Å². The third-order valence-corrected chi connectivity index (χ3v) is 1.19. The van der Waals surface area contributed by atoms with Crippen molar-refractivity contribution in [2.24, 2.45) is 0 Å². The number of ether oxygens (including phenoxy) is 1. The van der Waals surface area contributed by atoms with Crippen molar-refractivity contribution in [3.8, 4) is 0 Å². The van der Waals surface area contributed by atoms with Crippen LogP contribution in [0.4, 0.5) is 0 Å². The fraction of sp³-hybridized carbons (Fsp3) is 0.500. The molecule has 0 amide bonds. The van der Waals surface area contributed by atoms with Gasteiger partial charge in [-0.3, -0.25) is 0 Å². The molecule has 0 aliphatic rings. The normalized spacial score (nSPS) is 9.18. The number of hydrogen-bond donors (Lipinski definition) is 1. The van der Waals surface area contributed by atoms with E-state index >= 15 is 0 Å². The first-order valence-electron chi connectivity index (χ1n) is 3.04. The highest BCUT2D eigenvalue weighted by Crippen LogP contribution is 1.93. The lowest BCUT2D eigenvalue weighted by Crippen LogP contribution is -1.95. The Hall–Kier alpha value is -0.250. The summed E-state index contributed by atoms with van der Waals surface area (Å²) >= 11 is 5.39. The lowest BCUT2D eigenvalue weighted by Gasteiger charge is -1.96. The predicted octanol–water partition coefficient (Wildman–Crippen LogP) is 1.59. The number of rotatable bonds is 4. The van der Waals surface area contributed by atoms with Gasteiger partial charge in [0.25, 0.3) is 0 Å². The van der Waals surface area contributed by atoms with Crippen LogP contribution in [0.5, 0.6) is 0 Å². The van der Waals surface area contributed by atoms with E-state index in [9.17, 15) is 0 Å². The van der Waals surface area contributed by atoms with Crippen molar-refractivity contribution in [2.75, 3.05) is 12.5 Å². The van der Waals surface area contributed by atoms with Gasteiger partial charge in [-0.05, 0) is 0 Å². The third-order valence-electron chi connectivity index (χ3n) is 1.03. The van der Waals surface area contributed by atoms with Gasteiger partial charge in [-0.25, -0.2) is 4.98 Å². The number of nitrogens with zero attached hydrogens (tertiary/aromatic N) is 1. The quantitative estimate of drug-likeness (QED) is 0.587. The van der Waals surface area contributed by atoms with Crippen LogP contribution in [-0.4, -0.2) is 22.5 Å². The van der Waals surface area contributed by atoms with Crippen LogP contribution in [0.25, 0.3) is 0 Å². The molecular formula is C6H10Cl2N2O. The molecule has 0 atom stereocenters. The number of aromatic nitrogens is 2. The minimum absolute atomic E-state index is 0. The van der Waals surface area contributed by atoms with E-state index in [0.717, 1.165) is 5.69 Å². The second-order valence-corrected chi connectivity index (χ2v) is 2.20. The van der Waals surface area contributed by atoms with Crippen molar-refractivity contribution in [3.63, 3.8) is 0 Å². The lowest BCUT2D eigenvalue weighted by atomic mass is 10.5. The van der Waals surface area contributed by atoms with Crippen LogP contribution < -0.4 is 0 Å². The molecular weight excluding hydrogens is 187 g/mol. The zero-order valence-corrected chi connectivity index (χ0v) is 7.49. The summed E-state index contributed by atoms with van der Waals surface area (Å²) in [7, 11) is 0. The van der Waals surface area contributed by atoms with Crippen molar-refractivity contribution < 1.29 is 4.74 Å². The fourth-order valence-electron chi connectivity index (χ4n) is 0.600. The Morgan fingerprint density at radius 2 is 2.45 bits per heavy atom. The minimum Gasteiger partial charge on any atom is -0.374 e. The van der Waals surface area contributed by atoms with E-state index in [4.69, 9.17) is 16.3 Å². The van der Waals surface area contributed by atoms with E-state index in [1.807, 2.05) is 0 Å². The van der Waals surface area contributed by atoms with E-state index < -0.39 is 0 Å². The largest absolute Gasteiger partial charge is 0.374 e. The first-order chi connectivity index (χ1) is 4.93. The topological polar surface area (TPSA) is 37.9 Å². The fourth-order valence-corrected chi connectivity index (χ4v) is 0.709. The molecule has 0 saturated carbocycles. The second kappa shape index (κ2) is 6.46. The van der Waals surface area contributed by atoms with Gasteiger partial charge in [0.1, 0.15) is 0 Å². The van der Waals surface area contributed by atoms with Crippen molar-refractivity contribution in [3.05, 3.63) is 18.2 Å². The number of aromatic amines is 1. The van der Waals surface area contributed by atoms with Gasteiger partial charge in [-0.15, -0.1) is 24.0 Å². The molecule has 0 bridgehead atoms. The summed E-state index contributed by atoms with van der Waals surface area (Å²) in [4.78, 5) is 6.75. The summed E-state index contributed by atoms with van der Waals surface area (Å²) in [5.41, 5.74) is 0.977. The lowest BCUT2D eigenvalue weighted by molar-refractivity contribution is 0.133. The molecule has 0 aromatic carbocycles. The molecule has 0 fully saturated rings. The van der Waals surface area contributed by atoms with Gasteiger partial charge in [-0.1, -0.05) is 0 Å². The molecule has 0 saturated heterocycles. The van der Waals surface area contributed by atoms with Gasteiger partial charge in [0.15, 0.2) is 0 Å². The molecule has 0 aliphatic carbocycles. The van der Waals surface area contributed by atoms with Crippen molar-refractivity contribution in [1.82, 2.24) is 9.97 Å². The van der Waals surface area contributed by atoms with Gasteiger partial charge >= 0.3 is 0 Å². The first kappa shape index (κ1) is 10.8. The molecule has 1 heterocycles. The van der Waals surface area contributed by atoms with Crippen LogP contribution in [0.15, 0.2) is 12.5 Å². The van der Waals surface area contributed by atoms with Gasteiger partial charge in [-0.2, -0.15) is 0 Å². The summed E-state index contributed by atoms with van der Waals surface area (Å²) in [6.07, 6.45) is 3.35. The molecule has 1 aromatic rings. The highest BCUT2D eigenvalue weighted by Gasteiger charge is 1.91. The Morgan fingerprint density at radius 3 is 3.00 bits per heavy atom. The van der Waals surface area contributed by atoms with Gasteiger partial charge in [0.05, 0.1) is 31.4 Å². The molecule has 0 radical (unpaired) electrons. The van der Waals surface area contributed by atoms with E-state index in [2.05, 4.69) is 9.97 Å². The highest BCUT2D eigenvalue weighted by molar-refractivity contribution is 6.17. The number of imidazole rings is 1. The third kappa shape index (κ3) is 4.24. The Kier molecular flexibility index (Phi) is 6.31. The SMILES string of the molecule is Cl.ClCCOCc1cnc[nH]1. The molecule has 1 N–H and O–H groups in total. The van der Waals surface area contributed by atoms with E-state index in [1.165, 1.54) is 0 Å². The predicted molar refractivity (Wildman–Crippen MR) is 46.2 cm³/mol. The van der Waals surface area contributed by atoms with Gasteiger partial charge in [0.2, 0.25) is 0 Å². The number of H-pyrrole nitrogens is 1. The maximum absolute atomic E-state index is 5.39. The number of halogens is 2. The molecule has 1 rings (SSSR count). The smallest absolute Gasteiger partial charge is 0.0922 e. The molecule has 1 aromatic heterocycles. The summed E-state index contributed by atoms with van der Waals surface area (Å²) in [6, 6.07) is 0. The van der Waals surface area contributed by atoms with Crippen molar-refractivity contribution in [2.45, 2.75) is 6.61 Å². The van der Waals surface area contributed by atoms with Crippen molar-refractivity contribution >= 4 is 24.0 Å². The maximum atomic E-state index is 5.39. The second-order valence-electron chi connectivity index (χ2n) is 1.82. The Labute approximate surface area is 76.5 Å². The Bertz CT molecular complexity index is 167. The Morgan fingerprint density at radius 1 is 1.64 bits per heavy atom. The average Bonchev–Trinajstić information content (AvgIpc) is 2.41. The summed E-state index contributed by atoms with van der Waals surface area (Å²) in [6.45, 7) is 1.15. The molecule has 5 heteroatoms. The minimum atomic E-state index is 0. The summed E-state index contributed by atoms with van der Waals surface area (Å²) < 4.78 is 5.12. The van der Waals surface area contributed by atoms with Crippen LogP contribution in [0.2, 0.25) is 0 Å². The maximum Gasteiger partial charge on any atom is 0.0922 e. The Balaban J connectivity index is 0.000001000. The zero-order valence-electron chi connectivity index (χ0n) is 5.92. The number of hydrogen-bond acceptors (Lipinski definition) is 2. The van der Waals surface area contributed by atoms with E-state index in [0.29, 0.717) is 19.1 Å². The molecule has 0 unspecified atom stereocenters. The standard InChI is InChI=1S/C6H9ClN2O.ClH/c7-1-2-10-4-6-3-8-5-9-6;/h3,5H,1-2,4H2,(H,8,9);1H. The monoisotopic (exact) mass is 196 g/mol. The average molecular weight is 197 g/mol. The van der Waals surface area contributed by atoms with Crippen molar-refractivity contribution in [1.29, 1.82) is 0 Å². The van der Waals surface area contributed by atoms with Gasteiger partial charge < -0.3 is 9.72 Å². The first-order valence-corrected chi connectivity index (χ1v) is 3.58. The van der Waals surface area contributed by atoms with Gasteiger partial charge in [0, 0.05) is 5.88 Å². The molecule has 0 spiro atoms. The highest BCUT2D eigenvalue weighted by atomic mass is 35.5. The summed E-state index contributed by atoms with van der Waals surface area (Å²) in [5.74, 6) is 0.536. The molecule has 11 heavy (non-hydrogen) atoms. The number of alkyl halides is 1. The molecule has 0 aliphatic heterocycles. The van der Waals surface area contributed by atoms with Crippen LogP contribution in [-0.2, 0) is 11.3 Å². The van der Waals surface area contributed by atoms with Crippen LogP contribution in [0, 0.1) is 0 Å². The van der Waals surface area contributed by atoms with E-state index in [1.54, 1.807) is 12.5 Å². The molecule has 64 valence electrons. The van der Waals surface area contributed by atoms with E-state index in [-0.39, 0.29) is 12.4 Å².